The second-order valence-electron chi connectivity index (χ2n) is 6.49. The lowest BCUT2D eigenvalue weighted by Crippen LogP contribution is -2.36. The van der Waals surface area contributed by atoms with Crippen molar-refractivity contribution in [1.29, 1.82) is 0 Å². The number of guanidine groups is 1. The van der Waals surface area contributed by atoms with Crippen molar-refractivity contribution in [2.24, 2.45) is 4.99 Å². The Morgan fingerprint density at radius 3 is 2.57 bits per heavy atom. The van der Waals surface area contributed by atoms with Crippen LogP contribution >= 0.6 is 35.3 Å². The van der Waals surface area contributed by atoms with E-state index in [1.54, 1.807) is 18.4 Å². The van der Waals surface area contributed by atoms with Gasteiger partial charge in [0.05, 0.1) is 25.4 Å². The Labute approximate surface area is 189 Å². The quantitative estimate of drug-likeness (QED) is 0.191. The standard InChI is InChI=1S/C20H31N5OS.HI/c1-5-21-20(24-13-19-25-18(14-27-19)15(2)3)23-12-16-6-8-17(9-7-16)22-10-11-26-4;/h6-9,14-15,22H,5,10-13H2,1-4H3,(H2,21,23,24);1H. The van der Waals surface area contributed by atoms with Gasteiger partial charge in [-0.25, -0.2) is 9.98 Å². The third-order valence-electron chi connectivity index (χ3n) is 3.92. The Hall–Kier alpha value is -1.39. The number of hydrogen-bond acceptors (Lipinski definition) is 5. The van der Waals surface area contributed by atoms with Gasteiger partial charge in [-0.1, -0.05) is 26.0 Å². The van der Waals surface area contributed by atoms with Crippen LogP contribution < -0.4 is 16.0 Å². The van der Waals surface area contributed by atoms with Crippen LogP contribution in [0.2, 0.25) is 0 Å². The van der Waals surface area contributed by atoms with E-state index in [2.05, 4.69) is 76.3 Å². The van der Waals surface area contributed by atoms with Gasteiger partial charge in [0.15, 0.2) is 5.96 Å². The number of halogens is 1. The number of hydrogen-bond donors (Lipinski definition) is 3. The van der Waals surface area contributed by atoms with Gasteiger partial charge in [-0.2, -0.15) is 0 Å². The summed E-state index contributed by atoms with van der Waals surface area (Å²) in [5.74, 6) is 1.27. The molecule has 8 heteroatoms. The smallest absolute Gasteiger partial charge is 0.191 e. The molecule has 1 aromatic heterocycles. The fraction of sp³-hybridized carbons (Fsp3) is 0.500. The molecule has 0 aliphatic carbocycles. The first-order chi connectivity index (χ1) is 13.1. The van der Waals surface area contributed by atoms with Crippen LogP contribution in [0.15, 0.2) is 34.6 Å². The predicted octanol–water partition coefficient (Wildman–Crippen LogP) is 4.20. The van der Waals surface area contributed by atoms with E-state index in [1.807, 2.05) is 0 Å². The summed E-state index contributed by atoms with van der Waals surface area (Å²) in [7, 11) is 1.70. The summed E-state index contributed by atoms with van der Waals surface area (Å²) in [6.07, 6.45) is 0. The van der Waals surface area contributed by atoms with Gasteiger partial charge >= 0.3 is 0 Å². The molecule has 3 N–H and O–H groups in total. The lowest BCUT2D eigenvalue weighted by atomic mass is 10.2. The summed E-state index contributed by atoms with van der Waals surface area (Å²) in [5.41, 5.74) is 3.41. The first kappa shape index (κ1) is 24.6. The SMILES string of the molecule is CCNC(=NCc1ccc(NCCOC)cc1)NCc1nc(C(C)C)cs1.I. The number of nitrogens with zero attached hydrogens (tertiary/aromatic N) is 2. The van der Waals surface area contributed by atoms with E-state index in [1.165, 1.54) is 5.56 Å². The molecule has 1 aromatic carbocycles. The monoisotopic (exact) mass is 517 g/mol. The van der Waals surface area contributed by atoms with Gasteiger partial charge in [0.25, 0.3) is 0 Å². The summed E-state index contributed by atoms with van der Waals surface area (Å²) < 4.78 is 5.05. The zero-order valence-corrected chi connectivity index (χ0v) is 20.3. The average Bonchev–Trinajstić information content (AvgIpc) is 3.15. The molecule has 0 amide bonds. The van der Waals surface area contributed by atoms with E-state index in [0.717, 1.165) is 35.4 Å². The average molecular weight is 517 g/mol. The van der Waals surface area contributed by atoms with Gasteiger partial charge in [-0.3, -0.25) is 0 Å². The molecule has 0 unspecified atom stereocenters. The van der Waals surface area contributed by atoms with E-state index in [9.17, 15) is 0 Å². The van der Waals surface area contributed by atoms with Crippen molar-refractivity contribution in [3.63, 3.8) is 0 Å². The van der Waals surface area contributed by atoms with Crippen LogP contribution in [0.1, 0.15) is 43.0 Å². The van der Waals surface area contributed by atoms with E-state index in [4.69, 9.17) is 4.74 Å². The molecule has 0 saturated heterocycles. The molecule has 2 rings (SSSR count). The van der Waals surface area contributed by atoms with E-state index < -0.39 is 0 Å². The molecule has 0 fully saturated rings. The highest BCUT2D eigenvalue weighted by atomic mass is 127. The summed E-state index contributed by atoms with van der Waals surface area (Å²) in [6, 6.07) is 8.34. The fourth-order valence-corrected chi connectivity index (χ4v) is 3.26. The highest BCUT2D eigenvalue weighted by Crippen LogP contribution is 2.17. The van der Waals surface area contributed by atoms with Crippen molar-refractivity contribution in [1.82, 2.24) is 15.6 Å². The van der Waals surface area contributed by atoms with Crippen LogP contribution in [0.3, 0.4) is 0 Å². The van der Waals surface area contributed by atoms with Crippen LogP contribution in [-0.2, 0) is 17.8 Å². The number of aliphatic imine (C=N–C) groups is 1. The van der Waals surface area contributed by atoms with Gasteiger partial charge in [0, 0.05) is 31.3 Å². The minimum absolute atomic E-state index is 0. The normalized spacial score (nSPS) is 11.2. The second-order valence-corrected chi connectivity index (χ2v) is 7.43. The number of methoxy groups -OCH3 is 1. The number of aromatic nitrogens is 1. The van der Waals surface area contributed by atoms with Crippen molar-refractivity contribution in [2.75, 3.05) is 32.1 Å². The zero-order valence-electron chi connectivity index (χ0n) is 17.1. The largest absolute Gasteiger partial charge is 0.383 e. The minimum atomic E-state index is 0. The maximum Gasteiger partial charge on any atom is 0.191 e. The van der Waals surface area contributed by atoms with Crippen molar-refractivity contribution in [3.8, 4) is 0 Å². The third kappa shape index (κ3) is 8.74. The highest BCUT2D eigenvalue weighted by molar-refractivity contribution is 14.0. The molecule has 0 radical (unpaired) electrons. The fourth-order valence-electron chi connectivity index (χ4n) is 2.37. The Balaban J connectivity index is 0.00000392. The number of nitrogens with one attached hydrogen (secondary N) is 3. The second kappa shape index (κ2) is 13.7. The first-order valence-electron chi connectivity index (χ1n) is 9.40. The molecule has 0 aliphatic rings. The van der Waals surface area contributed by atoms with Crippen LogP contribution in [0.5, 0.6) is 0 Å². The molecule has 0 spiro atoms. The van der Waals surface area contributed by atoms with Gasteiger partial charge in [-0.05, 0) is 30.5 Å². The molecule has 0 aliphatic heterocycles. The molecule has 6 nitrogen and oxygen atoms in total. The van der Waals surface area contributed by atoms with E-state index >= 15 is 0 Å². The van der Waals surface area contributed by atoms with Gasteiger partial charge in [0.1, 0.15) is 5.01 Å². The number of anilines is 1. The molecule has 0 bridgehead atoms. The molecule has 2 aromatic rings. The summed E-state index contributed by atoms with van der Waals surface area (Å²) in [4.78, 5) is 9.33. The predicted molar refractivity (Wildman–Crippen MR) is 130 cm³/mol. The highest BCUT2D eigenvalue weighted by Gasteiger charge is 2.06. The van der Waals surface area contributed by atoms with Gasteiger partial charge in [0.2, 0.25) is 0 Å². The van der Waals surface area contributed by atoms with Gasteiger partial charge < -0.3 is 20.7 Å². The van der Waals surface area contributed by atoms with E-state index in [0.29, 0.717) is 25.6 Å². The molecular weight excluding hydrogens is 485 g/mol. The number of benzene rings is 1. The molecular formula is C20H32IN5OS. The molecule has 0 saturated carbocycles. The van der Waals surface area contributed by atoms with Crippen LogP contribution in [-0.4, -0.2) is 37.7 Å². The number of rotatable bonds is 10. The Morgan fingerprint density at radius 2 is 1.96 bits per heavy atom. The number of thiazole rings is 1. The van der Waals surface area contributed by atoms with Crippen molar-refractivity contribution < 1.29 is 4.74 Å². The van der Waals surface area contributed by atoms with E-state index in [-0.39, 0.29) is 24.0 Å². The van der Waals surface area contributed by atoms with Crippen molar-refractivity contribution >= 4 is 47.0 Å². The number of ether oxygens (including phenoxy) is 1. The molecule has 1 heterocycles. The topological polar surface area (TPSA) is 70.6 Å². The summed E-state index contributed by atoms with van der Waals surface area (Å²) in [5, 5.41) is 13.2. The Morgan fingerprint density at radius 1 is 1.21 bits per heavy atom. The molecule has 28 heavy (non-hydrogen) atoms. The maximum atomic E-state index is 5.05. The lowest BCUT2D eigenvalue weighted by Gasteiger charge is -2.10. The van der Waals surface area contributed by atoms with Crippen LogP contribution in [0.4, 0.5) is 5.69 Å². The van der Waals surface area contributed by atoms with Crippen molar-refractivity contribution in [2.45, 2.75) is 39.8 Å². The Kier molecular flexibility index (Phi) is 12.1. The third-order valence-corrected chi connectivity index (χ3v) is 4.79. The van der Waals surface area contributed by atoms with Crippen molar-refractivity contribution in [3.05, 3.63) is 45.9 Å². The zero-order chi connectivity index (χ0) is 19.5. The maximum absolute atomic E-state index is 5.05. The lowest BCUT2D eigenvalue weighted by molar-refractivity contribution is 0.211. The van der Waals surface area contributed by atoms with Gasteiger partial charge in [-0.15, -0.1) is 35.3 Å². The summed E-state index contributed by atoms with van der Waals surface area (Å²) in [6.45, 7) is 10.0. The van der Waals surface area contributed by atoms with Crippen LogP contribution in [0, 0.1) is 0 Å². The summed E-state index contributed by atoms with van der Waals surface area (Å²) >= 11 is 1.69. The Bertz CT molecular complexity index is 703. The molecule has 156 valence electrons. The molecule has 0 atom stereocenters. The minimum Gasteiger partial charge on any atom is -0.383 e. The first-order valence-corrected chi connectivity index (χ1v) is 10.3. The van der Waals surface area contributed by atoms with Crippen LogP contribution in [0.25, 0.3) is 0 Å².